The summed E-state index contributed by atoms with van der Waals surface area (Å²) in [6.45, 7) is 5.21. The monoisotopic (exact) mass is 472 g/mol. The molecule has 8 heteroatoms. The fraction of sp³-hybridized carbons (Fsp3) is 0.440. The van der Waals surface area contributed by atoms with Gasteiger partial charge in [-0.25, -0.2) is 9.78 Å². The molecule has 3 rings (SSSR count). The molecule has 0 saturated carbocycles. The number of halogens is 1. The van der Waals surface area contributed by atoms with E-state index in [0.29, 0.717) is 42.6 Å². The van der Waals surface area contributed by atoms with Gasteiger partial charge in [-0.3, -0.25) is 0 Å². The summed E-state index contributed by atoms with van der Waals surface area (Å²) < 4.78 is 11.3. The van der Waals surface area contributed by atoms with Crippen LogP contribution in [-0.2, 0) is 6.54 Å². The van der Waals surface area contributed by atoms with Gasteiger partial charge in [0.05, 0.1) is 13.7 Å². The molecule has 0 unspecified atom stereocenters. The van der Waals surface area contributed by atoms with Crippen LogP contribution in [0.15, 0.2) is 42.7 Å². The molecule has 0 fully saturated rings. The first kappa shape index (κ1) is 24.7. The number of unbranched alkanes of at least 4 members (excludes halogenated alkanes) is 2. The molecule has 33 heavy (non-hydrogen) atoms. The number of alkyl halides is 1. The van der Waals surface area contributed by atoms with Gasteiger partial charge < -0.3 is 24.7 Å². The number of aromatic nitrogens is 2. The smallest absolute Gasteiger partial charge is 0.322 e. The number of ether oxygens (including phenoxy) is 2. The normalized spacial score (nSPS) is 11.9. The number of rotatable bonds is 12. The predicted octanol–water partition coefficient (Wildman–Crippen LogP) is 6.19. The second-order valence-electron chi connectivity index (χ2n) is 8.02. The van der Waals surface area contributed by atoms with Crippen molar-refractivity contribution >= 4 is 34.4 Å². The first-order valence-corrected chi connectivity index (χ1v) is 12.0. The SMILES string of the molecule is CCCCCOc1cc(NC(=O)N(Cc2ccnc3[nH]ccc23)[C@@H](C)CCCl)ccc1OC. The molecular formula is C25H33ClN4O3. The first-order valence-electron chi connectivity index (χ1n) is 11.4. The number of hydrogen-bond donors (Lipinski definition) is 2. The number of H-pyrrole nitrogens is 1. The number of fused-ring (bicyclic) bond motifs is 1. The van der Waals surface area contributed by atoms with E-state index in [4.69, 9.17) is 21.1 Å². The highest BCUT2D eigenvalue weighted by Crippen LogP contribution is 2.31. The molecule has 0 aliphatic heterocycles. The van der Waals surface area contributed by atoms with E-state index in [-0.39, 0.29) is 12.1 Å². The van der Waals surface area contributed by atoms with Crippen molar-refractivity contribution in [2.75, 3.05) is 24.9 Å². The molecule has 0 radical (unpaired) electrons. The van der Waals surface area contributed by atoms with Gasteiger partial charge in [0, 0.05) is 48.0 Å². The molecular weight excluding hydrogens is 440 g/mol. The number of hydrogen-bond acceptors (Lipinski definition) is 4. The number of carbonyl (C=O) groups is 1. The number of urea groups is 1. The van der Waals surface area contributed by atoms with Crippen LogP contribution < -0.4 is 14.8 Å². The Kier molecular flexibility index (Phi) is 9.24. The number of benzene rings is 1. The quantitative estimate of drug-likeness (QED) is 0.243. The average Bonchev–Trinajstić information content (AvgIpc) is 3.30. The van der Waals surface area contributed by atoms with Crippen molar-refractivity contribution in [3.63, 3.8) is 0 Å². The van der Waals surface area contributed by atoms with E-state index < -0.39 is 0 Å². The van der Waals surface area contributed by atoms with Crippen LogP contribution in [-0.4, -0.2) is 46.5 Å². The van der Waals surface area contributed by atoms with Crippen molar-refractivity contribution in [3.05, 3.63) is 48.3 Å². The lowest BCUT2D eigenvalue weighted by Gasteiger charge is -2.29. The molecule has 1 atom stereocenters. The molecule has 0 spiro atoms. The van der Waals surface area contributed by atoms with Gasteiger partial charge in [0.2, 0.25) is 0 Å². The molecule has 178 valence electrons. The van der Waals surface area contributed by atoms with Gasteiger partial charge in [-0.1, -0.05) is 19.8 Å². The zero-order chi connectivity index (χ0) is 23.6. The van der Waals surface area contributed by atoms with Crippen molar-refractivity contribution < 1.29 is 14.3 Å². The molecule has 0 aliphatic rings. The van der Waals surface area contributed by atoms with E-state index >= 15 is 0 Å². The van der Waals surface area contributed by atoms with Crippen LogP contribution in [0.4, 0.5) is 10.5 Å². The Morgan fingerprint density at radius 2 is 2.09 bits per heavy atom. The molecule has 7 nitrogen and oxygen atoms in total. The van der Waals surface area contributed by atoms with Crippen LogP contribution in [0.2, 0.25) is 0 Å². The average molecular weight is 473 g/mol. The molecule has 2 amide bonds. The molecule has 0 saturated heterocycles. The number of pyridine rings is 1. The van der Waals surface area contributed by atoms with E-state index in [1.54, 1.807) is 18.2 Å². The Labute approximate surface area is 200 Å². The van der Waals surface area contributed by atoms with E-state index in [9.17, 15) is 4.79 Å². The highest BCUT2D eigenvalue weighted by atomic mass is 35.5. The highest BCUT2D eigenvalue weighted by Gasteiger charge is 2.22. The summed E-state index contributed by atoms with van der Waals surface area (Å²) in [5.41, 5.74) is 2.47. The van der Waals surface area contributed by atoms with Crippen LogP contribution >= 0.6 is 11.6 Å². The van der Waals surface area contributed by atoms with Crippen molar-refractivity contribution in [1.82, 2.24) is 14.9 Å². The van der Waals surface area contributed by atoms with Gasteiger partial charge in [0.25, 0.3) is 0 Å². The molecule has 1 aromatic carbocycles. The van der Waals surface area contributed by atoms with Gasteiger partial charge in [-0.2, -0.15) is 0 Å². The predicted molar refractivity (Wildman–Crippen MR) is 133 cm³/mol. The number of carbonyl (C=O) groups excluding carboxylic acids is 1. The fourth-order valence-electron chi connectivity index (χ4n) is 3.68. The van der Waals surface area contributed by atoms with Crippen molar-refractivity contribution in [3.8, 4) is 11.5 Å². The van der Waals surface area contributed by atoms with Gasteiger partial charge in [0.1, 0.15) is 5.65 Å². The lowest BCUT2D eigenvalue weighted by Crippen LogP contribution is -2.41. The first-order chi connectivity index (χ1) is 16.1. The number of anilines is 1. The van der Waals surface area contributed by atoms with Crippen LogP contribution in [0.25, 0.3) is 11.0 Å². The van der Waals surface area contributed by atoms with Crippen molar-refractivity contribution in [1.29, 1.82) is 0 Å². The van der Waals surface area contributed by atoms with Crippen molar-refractivity contribution in [2.24, 2.45) is 0 Å². The summed E-state index contributed by atoms with van der Waals surface area (Å²) in [5.74, 6) is 1.73. The summed E-state index contributed by atoms with van der Waals surface area (Å²) >= 11 is 6.01. The molecule has 0 bridgehead atoms. The topological polar surface area (TPSA) is 79.5 Å². The molecule has 0 aliphatic carbocycles. The zero-order valence-corrected chi connectivity index (χ0v) is 20.3. The van der Waals surface area contributed by atoms with Gasteiger partial charge in [-0.15, -0.1) is 11.6 Å². The summed E-state index contributed by atoms with van der Waals surface area (Å²) in [6, 6.07) is 9.11. The summed E-state index contributed by atoms with van der Waals surface area (Å²) in [5, 5.41) is 4.02. The van der Waals surface area contributed by atoms with E-state index in [0.717, 1.165) is 35.9 Å². The third kappa shape index (κ3) is 6.54. The Bertz CT molecular complexity index is 1040. The second kappa shape index (κ2) is 12.3. The van der Waals surface area contributed by atoms with Crippen LogP contribution in [0.5, 0.6) is 11.5 Å². The van der Waals surface area contributed by atoms with Crippen LogP contribution in [0.1, 0.15) is 45.1 Å². The largest absolute Gasteiger partial charge is 0.493 e. The van der Waals surface area contributed by atoms with E-state index in [2.05, 4.69) is 22.2 Å². The maximum atomic E-state index is 13.3. The van der Waals surface area contributed by atoms with Gasteiger partial charge >= 0.3 is 6.03 Å². The minimum atomic E-state index is -0.199. The number of amides is 2. The third-order valence-corrected chi connectivity index (χ3v) is 5.85. The van der Waals surface area contributed by atoms with Gasteiger partial charge in [-0.05, 0) is 49.6 Å². The van der Waals surface area contributed by atoms with E-state index in [1.807, 2.05) is 43.5 Å². The molecule has 2 N–H and O–H groups in total. The van der Waals surface area contributed by atoms with E-state index in [1.165, 1.54) is 0 Å². The maximum absolute atomic E-state index is 13.3. The highest BCUT2D eigenvalue weighted by molar-refractivity contribution is 6.17. The Morgan fingerprint density at radius 1 is 1.24 bits per heavy atom. The molecule has 3 aromatic rings. The zero-order valence-electron chi connectivity index (χ0n) is 19.6. The summed E-state index contributed by atoms with van der Waals surface area (Å²) in [4.78, 5) is 22.6. The molecule has 2 heterocycles. The Morgan fingerprint density at radius 3 is 2.85 bits per heavy atom. The van der Waals surface area contributed by atoms with Gasteiger partial charge in [0.15, 0.2) is 11.5 Å². The third-order valence-electron chi connectivity index (χ3n) is 5.63. The number of nitrogens with zero attached hydrogens (tertiary/aromatic N) is 2. The Balaban J connectivity index is 1.78. The standard InChI is InChI=1S/C25H33ClN4O3/c1-4-5-6-15-33-23-16-20(7-8-22(23)32-3)29-25(31)30(18(2)9-12-26)17-19-10-13-27-24-21(19)11-14-28-24/h7-8,10-11,13-14,16,18H,4-6,9,12,15,17H2,1-3H3,(H,27,28)(H,29,31)/t18-/m0/s1. The van der Waals surface area contributed by atoms with Crippen molar-refractivity contribution in [2.45, 2.75) is 52.1 Å². The van der Waals surface area contributed by atoms with Crippen LogP contribution in [0, 0.1) is 0 Å². The maximum Gasteiger partial charge on any atom is 0.322 e. The lowest BCUT2D eigenvalue weighted by molar-refractivity contribution is 0.187. The second-order valence-corrected chi connectivity index (χ2v) is 8.39. The Hall–Kier alpha value is -2.93. The minimum Gasteiger partial charge on any atom is -0.493 e. The fourth-order valence-corrected chi connectivity index (χ4v) is 3.99. The lowest BCUT2D eigenvalue weighted by atomic mass is 10.1. The number of aromatic amines is 1. The van der Waals surface area contributed by atoms with Crippen LogP contribution in [0.3, 0.4) is 0 Å². The minimum absolute atomic E-state index is 0.0485. The number of methoxy groups -OCH3 is 1. The number of nitrogens with one attached hydrogen (secondary N) is 2. The summed E-state index contributed by atoms with van der Waals surface area (Å²) in [6.07, 6.45) is 7.49. The summed E-state index contributed by atoms with van der Waals surface area (Å²) in [7, 11) is 1.61. The molecule has 2 aromatic heterocycles.